The van der Waals surface area contributed by atoms with Crippen LogP contribution in [-0.4, -0.2) is 29.2 Å². The van der Waals surface area contributed by atoms with E-state index in [-0.39, 0.29) is 11.3 Å². The van der Waals surface area contributed by atoms with Gasteiger partial charge in [-0.3, -0.25) is 4.79 Å². The first-order valence-electron chi connectivity index (χ1n) is 5.55. The minimum absolute atomic E-state index is 0.0685. The van der Waals surface area contributed by atoms with Gasteiger partial charge in [0, 0.05) is 6.54 Å². The minimum atomic E-state index is -0.274. The molecular formula is C10H16N4OS. The Morgan fingerprint density at radius 2 is 2.62 bits per heavy atom. The van der Waals surface area contributed by atoms with Crippen molar-refractivity contribution < 1.29 is 4.79 Å². The second kappa shape index (κ2) is 4.88. The SMILES string of the molecule is CCC1(C(=O)Nc2nncs2)CCCNC1. The number of carbonyl (C=O) groups is 1. The van der Waals surface area contributed by atoms with Gasteiger partial charge in [0.15, 0.2) is 0 Å². The fraction of sp³-hybridized carbons (Fsp3) is 0.700. The molecule has 6 heteroatoms. The third-order valence-corrected chi connectivity index (χ3v) is 3.82. The number of nitrogens with one attached hydrogen (secondary N) is 2. The molecule has 1 aromatic heterocycles. The second-order valence-electron chi connectivity index (χ2n) is 4.11. The van der Waals surface area contributed by atoms with Crippen molar-refractivity contribution in [2.24, 2.45) is 5.41 Å². The largest absolute Gasteiger partial charge is 0.316 e. The van der Waals surface area contributed by atoms with Crippen LogP contribution >= 0.6 is 11.3 Å². The van der Waals surface area contributed by atoms with Crippen LogP contribution in [0.4, 0.5) is 5.13 Å². The van der Waals surface area contributed by atoms with Gasteiger partial charge in [0.25, 0.3) is 0 Å². The molecule has 0 spiro atoms. The monoisotopic (exact) mass is 240 g/mol. The molecule has 1 unspecified atom stereocenters. The van der Waals surface area contributed by atoms with Crippen molar-refractivity contribution in [3.63, 3.8) is 0 Å². The van der Waals surface area contributed by atoms with Gasteiger partial charge in [0.2, 0.25) is 11.0 Å². The Hall–Kier alpha value is -1.01. The Kier molecular flexibility index (Phi) is 3.50. The third kappa shape index (κ3) is 2.22. The van der Waals surface area contributed by atoms with Crippen molar-refractivity contribution in [3.8, 4) is 0 Å². The van der Waals surface area contributed by atoms with Gasteiger partial charge < -0.3 is 10.6 Å². The van der Waals surface area contributed by atoms with Crippen molar-refractivity contribution in [2.45, 2.75) is 26.2 Å². The lowest BCUT2D eigenvalue weighted by Crippen LogP contribution is -2.47. The zero-order chi connectivity index (χ0) is 11.4. The van der Waals surface area contributed by atoms with Gasteiger partial charge in [-0.15, -0.1) is 10.2 Å². The van der Waals surface area contributed by atoms with E-state index in [4.69, 9.17) is 0 Å². The van der Waals surface area contributed by atoms with Gasteiger partial charge in [-0.05, 0) is 25.8 Å². The van der Waals surface area contributed by atoms with Crippen molar-refractivity contribution in [2.75, 3.05) is 18.4 Å². The van der Waals surface area contributed by atoms with E-state index >= 15 is 0 Å². The number of nitrogens with zero attached hydrogens (tertiary/aromatic N) is 2. The minimum Gasteiger partial charge on any atom is -0.316 e. The predicted octanol–water partition coefficient (Wildman–Crippen LogP) is 1.26. The quantitative estimate of drug-likeness (QED) is 0.834. The third-order valence-electron chi connectivity index (χ3n) is 3.21. The molecule has 0 aliphatic carbocycles. The van der Waals surface area contributed by atoms with Crippen LogP contribution in [0.3, 0.4) is 0 Å². The Labute approximate surface area is 98.7 Å². The maximum absolute atomic E-state index is 12.2. The number of rotatable bonds is 3. The summed E-state index contributed by atoms with van der Waals surface area (Å²) >= 11 is 1.35. The molecule has 1 aromatic rings. The maximum atomic E-state index is 12.2. The summed E-state index contributed by atoms with van der Waals surface area (Å²) in [6.45, 7) is 3.83. The molecule has 2 rings (SSSR count). The van der Waals surface area contributed by atoms with Crippen LogP contribution in [0.1, 0.15) is 26.2 Å². The Balaban J connectivity index is 2.06. The second-order valence-corrected chi connectivity index (χ2v) is 4.95. The zero-order valence-electron chi connectivity index (χ0n) is 9.32. The van der Waals surface area contributed by atoms with Crippen LogP contribution in [0.25, 0.3) is 0 Å². The molecule has 0 saturated carbocycles. The molecule has 2 heterocycles. The van der Waals surface area contributed by atoms with Gasteiger partial charge in [-0.25, -0.2) is 0 Å². The molecule has 0 aromatic carbocycles. The Bertz CT molecular complexity index is 346. The normalized spacial score (nSPS) is 25.3. The van der Waals surface area contributed by atoms with E-state index in [2.05, 4.69) is 27.8 Å². The first kappa shape index (κ1) is 11.5. The van der Waals surface area contributed by atoms with Crippen LogP contribution in [0, 0.1) is 5.41 Å². The van der Waals surface area contributed by atoms with Crippen molar-refractivity contribution in [1.82, 2.24) is 15.5 Å². The first-order valence-corrected chi connectivity index (χ1v) is 6.43. The fourth-order valence-electron chi connectivity index (χ4n) is 2.08. The summed E-state index contributed by atoms with van der Waals surface area (Å²) in [7, 11) is 0. The van der Waals surface area contributed by atoms with Gasteiger partial charge >= 0.3 is 0 Å². The molecule has 2 N–H and O–H groups in total. The summed E-state index contributed by atoms with van der Waals surface area (Å²) in [5.74, 6) is 0.0685. The van der Waals surface area contributed by atoms with Gasteiger partial charge in [-0.1, -0.05) is 18.3 Å². The molecule has 1 amide bonds. The summed E-state index contributed by atoms with van der Waals surface area (Å²) in [5.41, 5.74) is 1.34. The molecule has 88 valence electrons. The number of anilines is 1. The van der Waals surface area contributed by atoms with Gasteiger partial charge in [0.05, 0.1) is 5.41 Å². The van der Waals surface area contributed by atoms with Crippen LogP contribution in [0.2, 0.25) is 0 Å². The van der Waals surface area contributed by atoms with E-state index in [1.807, 2.05) is 0 Å². The highest BCUT2D eigenvalue weighted by Crippen LogP contribution is 2.31. The highest BCUT2D eigenvalue weighted by atomic mass is 32.1. The van der Waals surface area contributed by atoms with E-state index < -0.39 is 0 Å². The number of piperidine rings is 1. The summed E-state index contributed by atoms with van der Waals surface area (Å²) in [6.07, 6.45) is 2.85. The highest BCUT2D eigenvalue weighted by Gasteiger charge is 2.38. The van der Waals surface area contributed by atoms with E-state index in [9.17, 15) is 4.79 Å². The summed E-state index contributed by atoms with van der Waals surface area (Å²) in [4.78, 5) is 12.2. The Morgan fingerprint density at radius 3 is 3.19 bits per heavy atom. The lowest BCUT2D eigenvalue weighted by atomic mass is 9.77. The Morgan fingerprint density at radius 1 is 1.75 bits per heavy atom. The van der Waals surface area contributed by atoms with E-state index in [1.54, 1.807) is 5.51 Å². The lowest BCUT2D eigenvalue weighted by molar-refractivity contribution is -0.126. The van der Waals surface area contributed by atoms with Gasteiger partial charge in [0.1, 0.15) is 5.51 Å². The number of hydrogen-bond donors (Lipinski definition) is 2. The maximum Gasteiger partial charge on any atom is 0.233 e. The smallest absolute Gasteiger partial charge is 0.233 e. The number of carbonyl (C=O) groups excluding carboxylic acids is 1. The summed E-state index contributed by atoms with van der Waals surface area (Å²) < 4.78 is 0. The van der Waals surface area contributed by atoms with E-state index in [1.165, 1.54) is 11.3 Å². The van der Waals surface area contributed by atoms with Crippen molar-refractivity contribution in [3.05, 3.63) is 5.51 Å². The van der Waals surface area contributed by atoms with Crippen LogP contribution in [0.5, 0.6) is 0 Å². The fourth-order valence-corrected chi connectivity index (χ4v) is 2.52. The van der Waals surface area contributed by atoms with E-state index in [0.717, 1.165) is 32.4 Å². The highest BCUT2D eigenvalue weighted by molar-refractivity contribution is 7.13. The molecule has 1 atom stereocenters. The molecule has 16 heavy (non-hydrogen) atoms. The molecule has 1 saturated heterocycles. The average Bonchev–Trinajstić information content (AvgIpc) is 2.82. The molecule has 0 radical (unpaired) electrons. The number of amides is 1. The van der Waals surface area contributed by atoms with Crippen LogP contribution in [0.15, 0.2) is 5.51 Å². The number of hydrogen-bond acceptors (Lipinski definition) is 5. The molecule has 0 bridgehead atoms. The molecule has 1 fully saturated rings. The average molecular weight is 240 g/mol. The predicted molar refractivity (Wildman–Crippen MR) is 63.4 cm³/mol. The summed E-state index contributed by atoms with van der Waals surface area (Å²) in [6, 6.07) is 0. The molecule has 1 aliphatic heterocycles. The van der Waals surface area contributed by atoms with Crippen LogP contribution in [-0.2, 0) is 4.79 Å². The molecular weight excluding hydrogens is 224 g/mol. The first-order chi connectivity index (χ1) is 7.77. The molecule has 5 nitrogen and oxygen atoms in total. The van der Waals surface area contributed by atoms with E-state index in [0.29, 0.717) is 5.13 Å². The summed E-state index contributed by atoms with van der Waals surface area (Å²) in [5, 5.41) is 14.3. The number of aromatic nitrogens is 2. The molecule has 1 aliphatic rings. The zero-order valence-corrected chi connectivity index (χ0v) is 10.1. The van der Waals surface area contributed by atoms with Crippen molar-refractivity contribution >= 4 is 22.4 Å². The van der Waals surface area contributed by atoms with Crippen LogP contribution < -0.4 is 10.6 Å². The van der Waals surface area contributed by atoms with Gasteiger partial charge in [-0.2, -0.15) is 0 Å². The topological polar surface area (TPSA) is 66.9 Å². The standard InChI is InChI=1S/C10H16N4OS/c1-2-10(4-3-5-11-6-10)8(15)13-9-14-12-7-16-9/h7,11H,2-6H2,1H3,(H,13,14,15). The van der Waals surface area contributed by atoms with Crippen molar-refractivity contribution in [1.29, 1.82) is 0 Å². The lowest BCUT2D eigenvalue weighted by Gasteiger charge is -2.34.